The van der Waals surface area contributed by atoms with Gasteiger partial charge in [-0.05, 0) is 52.0 Å². The Kier molecular flexibility index (Phi) is 4.65. The molecule has 0 aromatic carbocycles. The molecule has 0 radical (unpaired) electrons. The number of rotatable bonds is 5. The summed E-state index contributed by atoms with van der Waals surface area (Å²) in [6, 6.07) is 1.49. The quantitative estimate of drug-likeness (QED) is 0.904. The molecular weight excluding hydrogens is 260 g/mol. The van der Waals surface area contributed by atoms with Crippen LogP contribution in [-0.2, 0) is 13.6 Å². The standard InChI is InChI=1S/C17H30N4/c1-13(18-10-16-11-19-20(3)14(16)2)15-6-5-9-21(12-15)17-7-4-8-17/h11,13,15,17-18H,4-10,12H2,1-3H3. The van der Waals surface area contributed by atoms with Gasteiger partial charge < -0.3 is 10.2 Å². The van der Waals surface area contributed by atoms with Gasteiger partial charge in [0.2, 0.25) is 0 Å². The van der Waals surface area contributed by atoms with E-state index >= 15 is 0 Å². The van der Waals surface area contributed by atoms with Gasteiger partial charge in [-0.2, -0.15) is 5.10 Å². The summed E-state index contributed by atoms with van der Waals surface area (Å²) in [5.41, 5.74) is 2.60. The number of nitrogens with one attached hydrogen (secondary N) is 1. The number of aromatic nitrogens is 2. The van der Waals surface area contributed by atoms with Crippen LogP contribution in [0.15, 0.2) is 6.20 Å². The fraction of sp³-hybridized carbons (Fsp3) is 0.824. The molecule has 21 heavy (non-hydrogen) atoms. The first-order valence-electron chi connectivity index (χ1n) is 8.60. The molecule has 0 spiro atoms. The van der Waals surface area contributed by atoms with Crippen LogP contribution in [-0.4, -0.2) is 39.9 Å². The lowest BCUT2D eigenvalue weighted by Gasteiger charge is -2.44. The van der Waals surface area contributed by atoms with Crippen LogP contribution >= 0.6 is 0 Å². The molecule has 1 saturated carbocycles. The van der Waals surface area contributed by atoms with Crippen molar-refractivity contribution in [1.29, 1.82) is 0 Å². The van der Waals surface area contributed by atoms with Crippen molar-refractivity contribution >= 4 is 0 Å². The molecule has 3 rings (SSSR count). The Hall–Kier alpha value is -0.870. The Morgan fingerprint density at radius 1 is 1.33 bits per heavy atom. The third-order valence-corrected chi connectivity index (χ3v) is 5.74. The third-order valence-electron chi connectivity index (χ3n) is 5.74. The average Bonchev–Trinajstić information content (AvgIpc) is 2.75. The first-order valence-corrected chi connectivity index (χ1v) is 8.60. The van der Waals surface area contributed by atoms with Crippen LogP contribution in [0.2, 0.25) is 0 Å². The van der Waals surface area contributed by atoms with Gasteiger partial charge in [-0.3, -0.25) is 4.68 Å². The van der Waals surface area contributed by atoms with Crippen LogP contribution in [0.25, 0.3) is 0 Å². The van der Waals surface area contributed by atoms with Crippen LogP contribution in [0.1, 0.15) is 50.3 Å². The molecule has 1 N–H and O–H groups in total. The molecule has 118 valence electrons. The van der Waals surface area contributed by atoms with Crippen molar-refractivity contribution in [2.24, 2.45) is 13.0 Å². The zero-order valence-corrected chi connectivity index (χ0v) is 13.8. The van der Waals surface area contributed by atoms with E-state index in [4.69, 9.17) is 0 Å². The Balaban J connectivity index is 1.50. The van der Waals surface area contributed by atoms with Crippen LogP contribution < -0.4 is 5.32 Å². The molecule has 1 aliphatic carbocycles. The van der Waals surface area contributed by atoms with Gasteiger partial charge in [0.1, 0.15) is 0 Å². The molecular formula is C17H30N4. The Bertz CT molecular complexity index is 463. The van der Waals surface area contributed by atoms with Crippen molar-refractivity contribution in [1.82, 2.24) is 20.0 Å². The predicted molar refractivity (Wildman–Crippen MR) is 86.2 cm³/mol. The van der Waals surface area contributed by atoms with E-state index in [-0.39, 0.29) is 0 Å². The summed E-state index contributed by atoms with van der Waals surface area (Å²) in [4.78, 5) is 2.76. The minimum atomic E-state index is 0.590. The summed E-state index contributed by atoms with van der Waals surface area (Å²) in [6.07, 6.45) is 9.06. The second-order valence-electron chi connectivity index (χ2n) is 7.03. The molecule has 0 amide bonds. The van der Waals surface area contributed by atoms with Gasteiger partial charge in [0, 0.05) is 43.5 Å². The second-order valence-corrected chi connectivity index (χ2v) is 7.03. The highest BCUT2D eigenvalue weighted by Gasteiger charge is 2.31. The largest absolute Gasteiger partial charge is 0.310 e. The summed E-state index contributed by atoms with van der Waals surface area (Å²) < 4.78 is 1.96. The second kappa shape index (κ2) is 6.49. The molecule has 1 aromatic rings. The highest BCUT2D eigenvalue weighted by molar-refractivity contribution is 5.15. The first-order chi connectivity index (χ1) is 10.1. The van der Waals surface area contributed by atoms with E-state index < -0.39 is 0 Å². The number of hydrogen-bond acceptors (Lipinski definition) is 3. The van der Waals surface area contributed by atoms with Crippen LogP contribution in [0, 0.1) is 12.8 Å². The maximum atomic E-state index is 4.33. The van der Waals surface area contributed by atoms with Gasteiger partial charge in [-0.1, -0.05) is 6.42 Å². The summed E-state index contributed by atoms with van der Waals surface area (Å²) in [5, 5.41) is 8.07. The SMILES string of the molecule is Cc1c(CNC(C)C2CCCN(C3CCC3)C2)cnn1C. The van der Waals surface area contributed by atoms with E-state index in [1.165, 1.54) is 56.5 Å². The molecule has 2 heterocycles. The van der Waals surface area contributed by atoms with Gasteiger partial charge >= 0.3 is 0 Å². The molecule has 1 aliphatic heterocycles. The molecule has 2 aliphatic rings. The lowest BCUT2D eigenvalue weighted by molar-refractivity contribution is 0.0665. The minimum absolute atomic E-state index is 0.590. The average molecular weight is 290 g/mol. The fourth-order valence-corrected chi connectivity index (χ4v) is 3.69. The molecule has 2 fully saturated rings. The molecule has 2 unspecified atom stereocenters. The van der Waals surface area contributed by atoms with Crippen molar-refractivity contribution in [3.8, 4) is 0 Å². The molecule has 2 atom stereocenters. The summed E-state index contributed by atoms with van der Waals surface area (Å²) >= 11 is 0. The van der Waals surface area contributed by atoms with Gasteiger partial charge in [-0.25, -0.2) is 0 Å². The number of piperidine rings is 1. The maximum absolute atomic E-state index is 4.33. The van der Waals surface area contributed by atoms with Crippen molar-refractivity contribution in [3.63, 3.8) is 0 Å². The van der Waals surface area contributed by atoms with Crippen molar-refractivity contribution in [2.75, 3.05) is 13.1 Å². The van der Waals surface area contributed by atoms with E-state index in [9.17, 15) is 0 Å². The summed E-state index contributed by atoms with van der Waals surface area (Å²) in [7, 11) is 2.01. The van der Waals surface area contributed by atoms with Gasteiger partial charge in [0.25, 0.3) is 0 Å². The highest BCUT2D eigenvalue weighted by atomic mass is 15.3. The zero-order chi connectivity index (χ0) is 14.8. The van der Waals surface area contributed by atoms with Crippen LogP contribution in [0.4, 0.5) is 0 Å². The smallest absolute Gasteiger partial charge is 0.0537 e. The molecule has 4 heteroatoms. The summed E-state index contributed by atoms with van der Waals surface area (Å²) in [6.45, 7) is 8.08. The van der Waals surface area contributed by atoms with Crippen LogP contribution in [0.5, 0.6) is 0 Å². The molecule has 1 aromatic heterocycles. The summed E-state index contributed by atoms with van der Waals surface area (Å²) in [5.74, 6) is 0.802. The van der Waals surface area contributed by atoms with E-state index in [1.807, 2.05) is 17.9 Å². The van der Waals surface area contributed by atoms with Gasteiger partial charge in [0.15, 0.2) is 0 Å². The molecule has 4 nitrogen and oxygen atoms in total. The number of nitrogens with zero attached hydrogens (tertiary/aromatic N) is 3. The zero-order valence-electron chi connectivity index (χ0n) is 13.8. The maximum Gasteiger partial charge on any atom is 0.0537 e. The topological polar surface area (TPSA) is 33.1 Å². The van der Waals surface area contributed by atoms with Crippen molar-refractivity contribution < 1.29 is 0 Å². The Morgan fingerprint density at radius 2 is 2.14 bits per heavy atom. The first kappa shape index (κ1) is 15.0. The fourth-order valence-electron chi connectivity index (χ4n) is 3.69. The van der Waals surface area contributed by atoms with Gasteiger partial charge in [-0.15, -0.1) is 0 Å². The number of likely N-dealkylation sites (tertiary alicyclic amines) is 1. The van der Waals surface area contributed by atoms with Crippen LogP contribution in [0.3, 0.4) is 0 Å². The van der Waals surface area contributed by atoms with Crippen molar-refractivity contribution in [2.45, 2.75) is 64.6 Å². The highest BCUT2D eigenvalue weighted by Crippen LogP contribution is 2.30. The predicted octanol–water partition coefficient (Wildman–Crippen LogP) is 2.47. The Labute approximate surface area is 128 Å². The third kappa shape index (κ3) is 3.32. The number of hydrogen-bond donors (Lipinski definition) is 1. The lowest BCUT2D eigenvalue weighted by atomic mass is 9.85. The van der Waals surface area contributed by atoms with Gasteiger partial charge in [0.05, 0.1) is 6.20 Å². The lowest BCUT2D eigenvalue weighted by Crippen LogP contribution is -2.49. The minimum Gasteiger partial charge on any atom is -0.310 e. The molecule has 1 saturated heterocycles. The normalized spacial score (nSPS) is 25.8. The van der Waals surface area contributed by atoms with E-state index in [0.29, 0.717) is 6.04 Å². The van der Waals surface area contributed by atoms with E-state index in [0.717, 1.165) is 18.5 Å². The van der Waals surface area contributed by atoms with Crippen molar-refractivity contribution in [3.05, 3.63) is 17.5 Å². The van der Waals surface area contributed by atoms with E-state index in [1.54, 1.807) is 0 Å². The Morgan fingerprint density at radius 3 is 2.76 bits per heavy atom. The monoisotopic (exact) mass is 290 g/mol. The van der Waals surface area contributed by atoms with E-state index in [2.05, 4.69) is 29.2 Å². The molecule has 0 bridgehead atoms. The number of aryl methyl sites for hydroxylation is 1.